The fraction of sp³-hybridized carbons (Fsp3) is 0.300. The molecule has 0 aliphatic rings. The van der Waals surface area contributed by atoms with E-state index in [1.165, 1.54) is 19.9 Å². The number of nitro groups is 2. The van der Waals surface area contributed by atoms with Gasteiger partial charge >= 0.3 is 0 Å². The Morgan fingerprint density at radius 1 is 1.24 bits per heavy atom. The second kappa shape index (κ2) is 4.57. The summed E-state index contributed by atoms with van der Waals surface area (Å²) in [5.74, 6) is -0.685. The zero-order chi connectivity index (χ0) is 13.2. The van der Waals surface area contributed by atoms with Gasteiger partial charge in [0.15, 0.2) is 0 Å². The van der Waals surface area contributed by atoms with Crippen LogP contribution in [0.4, 0.5) is 11.4 Å². The Morgan fingerprint density at radius 2 is 1.76 bits per heavy atom. The third kappa shape index (κ3) is 2.36. The first-order chi connectivity index (χ1) is 7.88. The van der Waals surface area contributed by atoms with Crippen molar-refractivity contribution in [2.24, 2.45) is 0 Å². The van der Waals surface area contributed by atoms with Gasteiger partial charge in [0.1, 0.15) is 0 Å². The van der Waals surface area contributed by atoms with E-state index < -0.39 is 21.5 Å². The second-order valence-electron chi connectivity index (χ2n) is 3.56. The quantitative estimate of drug-likeness (QED) is 0.590. The van der Waals surface area contributed by atoms with Crippen LogP contribution in [-0.2, 0) is 0 Å². The average Bonchev–Trinajstić information content (AvgIpc) is 2.26. The van der Waals surface area contributed by atoms with Gasteiger partial charge in [-0.3, -0.25) is 20.2 Å². The fourth-order valence-corrected chi connectivity index (χ4v) is 1.48. The molecule has 1 aromatic carbocycles. The molecule has 1 rings (SSSR count). The largest absolute Gasteiger partial charge is 0.280 e. The van der Waals surface area contributed by atoms with Crippen molar-refractivity contribution in [3.8, 4) is 6.07 Å². The Bertz CT molecular complexity index is 533. The highest BCUT2D eigenvalue weighted by Crippen LogP contribution is 2.32. The summed E-state index contributed by atoms with van der Waals surface area (Å²) in [5, 5.41) is 30.2. The van der Waals surface area contributed by atoms with Crippen LogP contribution in [0.5, 0.6) is 0 Å². The molecule has 1 atom stereocenters. The van der Waals surface area contributed by atoms with Crippen molar-refractivity contribution < 1.29 is 9.85 Å². The van der Waals surface area contributed by atoms with E-state index in [9.17, 15) is 20.2 Å². The molecule has 0 saturated carbocycles. The maximum Gasteiger partial charge on any atom is 0.280 e. The van der Waals surface area contributed by atoms with Gasteiger partial charge in [0.25, 0.3) is 11.4 Å². The Hall–Kier alpha value is -2.49. The number of hydrogen-bond donors (Lipinski definition) is 0. The van der Waals surface area contributed by atoms with Gasteiger partial charge in [-0.15, -0.1) is 0 Å². The zero-order valence-corrected chi connectivity index (χ0v) is 9.21. The molecule has 0 fully saturated rings. The van der Waals surface area contributed by atoms with Crippen LogP contribution in [0.3, 0.4) is 0 Å². The van der Waals surface area contributed by atoms with Crippen LogP contribution in [0.1, 0.15) is 24.0 Å². The first-order valence-electron chi connectivity index (χ1n) is 4.71. The van der Waals surface area contributed by atoms with Crippen LogP contribution < -0.4 is 0 Å². The van der Waals surface area contributed by atoms with Crippen molar-refractivity contribution >= 4 is 11.4 Å². The van der Waals surface area contributed by atoms with Crippen LogP contribution in [0, 0.1) is 38.5 Å². The second-order valence-corrected chi connectivity index (χ2v) is 3.56. The van der Waals surface area contributed by atoms with Gasteiger partial charge in [-0.25, -0.2) is 0 Å². The molecule has 0 saturated heterocycles. The Balaban J connectivity index is 3.53. The van der Waals surface area contributed by atoms with Crippen molar-refractivity contribution in [1.82, 2.24) is 0 Å². The molecule has 0 aliphatic carbocycles. The normalized spacial score (nSPS) is 11.6. The van der Waals surface area contributed by atoms with Crippen LogP contribution in [0.2, 0.25) is 0 Å². The van der Waals surface area contributed by atoms with Gasteiger partial charge in [0.2, 0.25) is 0 Å². The first-order valence-corrected chi connectivity index (χ1v) is 4.71. The van der Waals surface area contributed by atoms with E-state index in [0.29, 0.717) is 5.56 Å². The third-order valence-electron chi connectivity index (χ3n) is 2.40. The Labute approximate surface area is 96.6 Å². The van der Waals surface area contributed by atoms with Crippen molar-refractivity contribution in [1.29, 1.82) is 5.26 Å². The van der Waals surface area contributed by atoms with E-state index in [0.717, 1.165) is 6.07 Å². The monoisotopic (exact) mass is 235 g/mol. The lowest BCUT2D eigenvalue weighted by Gasteiger charge is -2.06. The Morgan fingerprint density at radius 3 is 2.18 bits per heavy atom. The highest BCUT2D eigenvalue weighted by atomic mass is 16.6. The smallest absolute Gasteiger partial charge is 0.258 e. The number of rotatable bonds is 3. The molecule has 1 unspecified atom stereocenters. The number of nitriles is 1. The summed E-state index contributed by atoms with van der Waals surface area (Å²) in [6, 6.07) is 4.10. The molecule has 7 heteroatoms. The number of aryl methyl sites for hydroxylation is 1. The van der Waals surface area contributed by atoms with Crippen molar-refractivity contribution in [3.63, 3.8) is 0 Å². The van der Waals surface area contributed by atoms with Gasteiger partial charge in [-0.1, -0.05) is 0 Å². The summed E-state index contributed by atoms with van der Waals surface area (Å²) in [7, 11) is 0. The Kier molecular flexibility index (Phi) is 3.38. The minimum atomic E-state index is -0.713. The molecule has 0 N–H and O–H groups in total. The lowest BCUT2D eigenvalue weighted by molar-refractivity contribution is -0.395. The number of hydrogen-bond acceptors (Lipinski definition) is 5. The van der Waals surface area contributed by atoms with Crippen molar-refractivity contribution in [3.05, 3.63) is 43.5 Å². The predicted molar refractivity (Wildman–Crippen MR) is 58.5 cm³/mol. The summed E-state index contributed by atoms with van der Waals surface area (Å²) in [4.78, 5) is 20.1. The van der Waals surface area contributed by atoms with E-state index >= 15 is 0 Å². The highest BCUT2D eigenvalue weighted by Gasteiger charge is 2.25. The predicted octanol–water partition coefficient (Wildman–Crippen LogP) is 2.44. The van der Waals surface area contributed by atoms with Gasteiger partial charge in [-0.2, -0.15) is 5.26 Å². The minimum absolute atomic E-state index is 0.195. The van der Waals surface area contributed by atoms with E-state index in [2.05, 4.69) is 0 Å². The topological polar surface area (TPSA) is 110 Å². The fourth-order valence-electron chi connectivity index (χ4n) is 1.48. The molecule has 0 heterocycles. The molecule has 17 heavy (non-hydrogen) atoms. The summed E-state index contributed by atoms with van der Waals surface area (Å²) in [6.07, 6.45) is 0. The molecular weight excluding hydrogens is 226 g/mol. The van der Waals surface area contributed by atoms with E-state index in [-0.39, 0.29) is 11.3 Å². The van der Waals surface area contributed by atoms with E-state index in [1.807, 2.05) is 6.07 Å². The van der Waals surface area contributed by atoms with Crippen LogP contribution >= 0.6 is 0 Å². The molecule has 0 amide bonds. The number of nitro benzene ring substituents is 2. The van der Waals surface area contributed by atoms with E-state index in [4.69, 9.17) is 5.26 Å². The molecule has 0 radical (unpaired) electrons. The van der Waals surface area contributed by atoms with Crippen molar-refractivity contribution in [2.45, 2.75) is 19.8 Å². The maximum atomic E-state index is 10.8. The SMILES string of the molecule is Cc1cc(C(C)C#N)c([N+](=O)[O-])cc1[N+](=O)[O-]. The number of nitrogens with zero attached hydrogens (tertiary/aromatic N) is 3. The lowest BCUT2D eigenvalue weighted by atomic mass is 9.97. The molecule has 0 bridgehead atoms. The molecule has 1 aromatic rings. The average molecular weight is 235 g/mol. The summed E-state index contributed by atoms with van der Waals surface area (Å²) in [5.41, 5.74) is -0.208. The zero-order valence-electron chi connectivity index (χ0n) is 9.21. The number of benzene rings is 1. The summed E-state index contributed by atoms with van der Waals surface area (Å²) in [6.45, 7) is 2.99. The van der Waals surface area contributed by atoms with Crippen LogP contribution in [0.15, 0.2) is 12.1 Å². The summed E-state index contributed by atoms with van der Waals surface area (Å²) < 4.78 is 0. The maximum absolute atomic E-state index is 10.8. The molecule has 88 valence electrons. The lowest BCUT2D eigenvalue weighted by Crippen LogP contribution is -2.02. The molecule has 0 aromatic heterocycles. The van der Waals surface area contributed by atoms with E-state index in [1.54, 1.807) is 0 Å². The summed E-state index contributed by atoms with van der Waals surface area (Å²) >= 11 is 0. The van der Waals surface area contributed by atoms with Gasteiger partial charge in [0.05, 0.1) is 27.9 Å². The van der Waals surface area contributed by atoms with Crippen LogP contribution in [-0.4, -0.2) is 9.85 Å². The molecular formula is C10H9N3O4. The molecule has 0 aliphatic heterocycles. The first kappa shape index (κ1) is 12.6. The van der Waals surface area contributed by atoms with Gasteiger partial charge in [-0.05, 0) is 19.9 Å². The van der Waals surface area contributed by atoms with Gasteiger partial charge < -0.3 is 0 Å². The molecule has 0 spiro atoms. The highest BCUT2D eigenvalue weighted by molar-refractivity contribution is 5.56. The van der Waals surface area contributed by atoms with Gasteiger partial charge in [0, 0.05) is 11.1 Å². The molecule has 7 nitrogen and oxygen atoms in total. The minimum Gasteiger partial charge on any atom is -0.258 e. The standard InChI is InChI=1S/C10H9N3O4/c1-6-3-8(7(2)5-11)10(13(16)17)4-9(6)12(14)15/h3-4,7H,1-2H3. The van der Waals surface area contributed by atoms with Crippen LogP contribution in [0.25, 0.3) is 0 Å². The third-order valence-corrected chi connectivity index (χ3v) is 2.40. The van der Waals surface area contributed by atoms with Crippen molar-refractivity contribution in [2.75, 3.05) is 0 Å².